The first-order chi connectivity index (χ1) is 8.61. The first kappa shape index (κ1) is 12.6. The summed E-state index contributed by atoms with van der Waals surface area (Å²) >= 11 is 5.83. The van der Waals surface area contributed by atoms with Crippen molar-refractivity contribution in [2.75, 3.05) is 25.5 Å². The highest BCUT2D eigenvalue weighted by atomic mass is 35.5. The van der Waals surface area contributed by atoms with Crippen LogP contribution >= 0.6 is 11.6 Å². The molecule has 0 saturated carbocycles. The van der Waals surface area contributed by atoms with Gasteiger partial charge in [-0.05, 0) is 11.6 Å². The topological polar surface area (TPSA) is 86.8 Å². The van der Waals surface area contributed by atoms with Gasteiger partial charge in [-0.2, -0.15) is 9.97 Å². The van der Waals surface area contributed by atoms with Gasteiger partial charge >= 0.3 is 0 Å². The Balaban J connectivity index is 2.23. The maximum absolute atomic E-state index is 11.2. The molecular formula is C10H13ClN6O. The molecule has 18 heavy (non-hydrogen) atoms. The van der Waals surface area contributed by atoms with Gasteiger partial charge in [0.1, 0.15) is 5.52 Å². The van der Waals surface area contributed by atoms with E-state index in [0.717, 1.165) is 0 Å². The Kier molecular flexibility index (Phi) is 3.61. The Morgan fingerprint density at radius 1 is 1.56 bits per heavy atom. The quantitative estimate of drug-likeness (QED) is 0.792. The van der Waals surface area contributed by atoms with Crippen LogP contribution in [0, 0.1) is 0 Å². The lowest BCUT2D eigenvalue weighted by Crippen LogP contribution is -2.27. The number of aromatic amines is 1. The van der Waals surface area contributed by atoms with Crippen LogP contribution in [-0.4, -0.2) is 46.5 Å². The predicted molar refractivity (Wildman–Crippen MR) is 68.6 cm³/mol. The Labute approximate surface area is 109 Å². The van der Waals surface area contributed by atoms with E-state index in [2.05, 4.69) is 25.3 Å². The summed E-state index contributed by atoms with van der Waals surface area (Å²) in [6.45, 7) is 0.529. The van der Waals surface area contributed by atoms with Gasteiger partial charge in [-0.25, -0.2) is 4.98 Å². The summed E-state index contributed by atoms with van der Waals surface area (Å²) in [5, 5.41) is 2.71. The third kappa shape index (κ3) is 2.51. The summed E-state index contributed by atoms with van der Waals surface area (Å²) in [7, 11) is 3.44. The van der Waals surface area contributed by atoms with Crippen molar-refractivity contribution in [3.8, 4) is 0 Å². The van der Waals surface area contributed by atoms with E-state index >= 15 is 0 Å². The standard InChI is InChI=1S/C10H13ClN6O/c1-12-6(18)3-4-17(2)9-7-8(14-5-13-7)15-10(11)16-9/h5H,3-4H2,1-2H3,(H,12,18)(H,13,14,15,16). The minimum atomic E-state index is -0.0251. The van der Waals surface area contributed by atoms with E-state index in [1.165, 1.54) is 6.33 Å². The van der Waals surface area contributed by atoms with Gasteiger partial charge in [0.25, 0.3) is 0 Å². The molecule has 8 heteroatoms. The molecule has 2 rings (SSSR count). The van der Waals surface area contributed by atoms with Crippen LogP contribution in [0.4, 0.5) is 5.82 Å². The van der Waals surface area contributed by atoms with E-state index in [-0.39, 0.29) is 11.2 Å². The molecule has 0 aromatic carbocycles. The van der Waals surface area contributed by atoms with Crippen molar-refractivity contribution in [2.45, 2.75) is 6.42 Å². The molecule has 2 N–H and O–H groups in total. The number of nitrogens with zero attached hydrogens (tertiary/aromatic N) is 4. The van der Waals surface area contributed by atoms with Crippen LogP contribution in [0.1, 0.15) is 6.42 Å². The monoisotopic (exact) mass is 268 g/mol. The minimum Gasteiger partial charge on any atom is -0.359 e. The predicted octanol–water partition coefficient (Wildman–Crippen LogP) is 0.579. The summed E-state index contributed by atoms with van der Waals surface area (Å²) in [6.07, 6.45) is 1.91. The highest BCUT2D eigenvalue weighted by Gasteiger charge is 2.13. The van der Waals surface area contributed by atoms with Crippen LogP contribution in [0.2, 0.25) is 5.28 Å². The molecule has 2 aromatic rings. The summed E-state index contributed by atoms with van der Waals surface area (Å²) < 4.78 is 0. The SMILES string of the molecule is CNC(=O)CCN(C)c1nc(Cl)nc2nc[nH]c12. The molecule has 2 heterocycles. The van der Waals surface area contributed by atoms with E-state index < -0.39 is 0 Å². The molecule has 2 aromatic heterocycles. The number of imidazole rings is 1. The zero-order chi connectivity index (χ0) is 13.1. The molecule has 0 atom stereocenters. The van der Waals surface area contributed by atoms with Crippen molar-refractivity contribution in [2.24, 2.45) is 0 Å². The smallest absolute Gasteiger partial charge is 0.226 e. The second-order valence-corrected chi connectivity index (χ2v) is 4.10. The van der Waals surface area contributed by atoms with Gasteiger partial charge in [0, 0.05) is 27.1 Å². The second kappa shape index (κ2) is 5.18. The number of hydrogen-bond donors (Lipinski definition) is 2. The Morgan fingerprint density at radius 2 is 2.33 bits per heavy atom. The van der Waals surface area contributed by atoms with Gasteiger partial charge in [-0.15, -0.1) is 0 Å². The number of carbonyl (C=O) groups is 1. The van der Waals surface area contributed by atoms with Crippen molar-refractivity contribution in [1.29, 1.82) is 0 Å². The molecule has 0 radical (unpaired) electrons. The number of H-pyrrole nitrogens is 1. The highest BCUT2D eigenvalue weighted by molar-refractivity contribution is 6.28. The zero-order valence-corrected chi connectivity index (χ0v) is 10.8. The number of rotatable bonds is 4. The maximum atomic E-state index is 11.2. The fourth-order valence-electron chi connectivity index (χ4n) is 1.57. The van der Waals surface area contributed by atoms with Crippen LogP contribution in [0.3, 0.4) is 0 Å². The number of carbonyl (C=O) groups excluding carboxylic acids is 1. The summed E-state index contributed by atoms with van der Waals surface area (Å²) in [5.41, 5.74) is 1.22. The summed E-state index contributed by atoms with van der Waals surface area (Å²) in [6, 6.07) is 0. The van der Waals surface area contributed by atoms with E-state index in [1.54, 1.807) is 7.05 Å². The Hall–Kier alpha value is -1.89. The summed E-state index contributed by atoms with van der Waals surface area (Å²) in [4.78, 5) is 28.2. The van der Waals surface area contributed by atoms with Crippen LogP contribution < -0.4 is 10.2 Å². The van der Waals surface area contributed by atoms with Gasteiger partial charge in [0.15, 0.2) is 11.5 Å². The molecule has 0 aliphatic carbocycles. The fourth-order valence-corrected chi connectivity index (χ4v) is 1.73. The van der Waals surface area contributed by atoms with E-state index in [1.807, 2.05) is 11.9 Å². The van der Waals surface area contributed by atoms with Crippen LogP contribution in [-0.2, 0) is 4.79 Å². The van der Waals surface area contributed by atoms with Gasteiger partial charge < -0.3 is 15.2 Å². The molecule has 0 fully saturated rings. The van der Waals surface area contributed by atoms with Crippen molar-refractivity contribution < 1.29 is 4.79 Å². The lowest BCUT2D eigenvalue weighted by molar-refractivity contribution is -0.120. The molecule has 0 spiro atoms. The lowest BCUT2D eigenvalue weighted by Gasteiger charge is -2.17. The highest BCUT2D eigenvalue weighted by Crippen LogP contribution is 2.21. The fraction of sp³-hybridized carbons (Fsp3) is 0.400. The van der Waals surface area contributed by atoms with E-state index in [0.29, 0.717) is 29.9 Å². The molecule has 0 unspecified atom stereocenters. The average molecular weight is 269 g/mol. The third-order valence-electron chi connectivity index (χ3n) is 2.55. The van der Waals surface area contributed by atoms with Crippen molar-refractivity contribution >= 4 is 34.5 Å². The van der Waals surface area contributed by atoms with Crippen LogP contribution in [0.25, 0.3) is 11.2 Å². The summed E-state index contributed by atoms with van der Waals surface area (Å²) in [5.74, 6) is 0.606. The molecule has 0 bridgehead atoms. The lowest BCUT2D eigenvalue weighted by atomic mass is 10.3. The molecule has 0 saturated heterocycles. The first-order valence-corrected chi connectivity index (χ1v) is 5.78. The molecule has 0 aliphatic heterocycles. The molecule has 1 amide bonds. The van der Waals surface area contributed by atoms with Crippen molar-refractivity contribution in [3.05, 3.63) is 11.6 Å². The van der Waals surface area contributed by atoms with Gasteiger partial charge in [-0.1, -0.05) is 0 Å². The van der Waals surface area contributed by atoms with Crippen LogP contribution in [0.5, 0.6) is 0 Å². The number of fused-ring (bicyclic) bond motifs is 1. The minimum absolute atomic E-state index is 0.0251. The largest absolute Gasteiger partial charge is 0.359 e. The third-order valence-corrected chi connectivity index (χ3v) is 2.72. The van der Waals surface area contributed by atoms with Crippen LogP contribution in [0.15, 0.2) is 6.33 Å². The number of nitrogens with one attached hydrogen (secondary N) is 2. The first-order valence-electron chi connectivity index (χ1n) is 5.40. The number of anilines is 1. The normalized spacial score (nSPS) is 10.6. The number of amides is 1. The zero-order valence-electron chi connectivity index (χ0n) is 10.1. The van der Waals surface area contributed by atoms with E-state index in [4.69, 9.17) is 11.6 Å². The number of halogens is 1. The van der Waals surface area contributed by atoms with E-state index in [9.17, 15) is 4.79 Å². The second-order valence-electron chi connectivity index (χ2n) is 3.76. The van der Waals surface area contributed by atoms with Crippen molar-refractivity contribution in [1.82, 2.24) is 25.3 Å². The number of aromatic nitrogens is 4. The molecular weight excluding hydrogens is 256 g/mol. The van der Waals surface area contributed by atoms with Gasteiger partial charge in [0.2, 0.25) is 11.2 Å². The van der Waals surface area contributed by atoms with Gasteiger partial charge in [0.05, 0.1) is 6.33 Å². The molecule has 96 valence electrons. The van der Waals surface area contributed by atoms with Crippen molar-refractivity contribution in [3.63, 3.8) is 0 Å². The van der Waals surface area contributed by atoms with Gasteiger partial charge in [-0.3, -0.25) is 4.79 Å². The molecule has 0 aliphatic rings. The number of hydrogen-bond acceptors (Lipinski definition) is 5. The average Bonchev–Trinajstić information content (AvgIpc) is 2.82. The Bertz CT molecular complexity index is 568. The maximum Gasteiger partial charge on any atom is 0.226 e. The molecule has 7 nitrogen and oxygen atoms in total. The Morgan fingerprint density at radius 3 is 3.06 bits per heavy atom.